The highest BCUT2D eigenvalue weighted by molar-refractivity contribution is 7.89. The molecule has 1 aromatic carbocycles. The Kier molecular flexibility index (Phi) is 5.78. The number of hydrogen-bond acceptors (Lipinski definition) is 5. The second-order valence-electron chi connectivity index (χ2n) is 6.06. The lowest BCUT2D eigenvalue weighted by atomic mass is 10.1. The Morgan fingerprint density at radius 1 is 1.04 bits per heavy atom. The van der Waals surface area contributed by atoms with E-state index < -0.39 is 16.1 Å². The Balaban J connectivity index is 1.71. The van der Waals surface area contributed by atoms with E-state index in [2.05, 4.69) is 10.0 Å². The summed E-state index contributed by atoms with van der Waals surface area (Å²) in [5.74, 6) is 0.636. The molecule has 2 aromatic heterocycles. The van der Waals surface area contributed by atoms with Gasteiger partial charge in [0.2, 0.25) is 15.9 Å². The van der Waals surface area contributed by atoms with Gasteiger partial charge in [0, 0.05) is 0 Å². The Labute approximate surface area is 157 Å². The van der Waals surface area contributed by atoms with Crippen LogP contribution in [0.3, 0.4) is 0 Å². The van der Waals surface area contributed by atoms with Crippen LogP contribution < -0.4 is 10.0 Å². The van der Waals surface area contributed by atoms with Gasteiger partial charge in [0.05, 0.1) is 36.4 Å². The molecule has 2 N–H and O–H groups in total. The van der Waals surface area contributed by atoms with Gasteiger partial charge in [0.1, 0.15) is 11.5 Å². The molecule has 27 heavy (non-hydrogen) atoms. The number of furan rings is 2. The summed E-state index contributed by atoms with van der Waals surface area (Å²) in [6.07, 6.45) is 2.84. The Morgan fingerprint density at radius 3 is 2.37 bits per heavy atom. The average molecular weight is 388 g/mol. The summed E-state index contributed by atoms with van der Waals surface area (Å²) >= 11 is 0. The second-order valence-corrected chi connectivity index (χ2v) is 7.78. The molecule has 0 saturated carbocycles. The largest absolute Gasteiger partial charge is 0.468 e. The fourth-order valence-electron chi connectivity index (χ4n) is 2.52. The zero-order valence-electron chi connectivity index (χ0n) is 14.7. The summed E-state index contributed by atoms with van der Waals surface area (Å²) < 4.78 is 38.4. The molecular formula is C19H20N2O5S. The number of amides is 1. The topological polar surface area (TPSA) is 102 Å². The van der Waals surface area contributed by atoms with Crippen molar-refractivity contribution in [3.8, 4) is 0 Å². The minimum Gasteiger partial charge on any atom is -0.468 e. The standard InChI is InChI=1S/C19H20N2O5S/c1-14-6-8-16(9-7-14)27(23,24)21-17(18-5-3-11-26-18)12-19(22)20-13-15-4-2-10-25-15/h2-11,17,21H,12-13H2,1H3,(H,20,22). The van der Waals surface area contributed by atoms with Gasteiger partial charge < -0.3 is 14.2 Å². The zero-order valence-corrected chi connectivity index (χ0v) is 15.5. The summed E-state index contributed by atoms with van der Waals surface area (Å²) in [5.41, 5.74) is 0.953. The van der Waals surface area contributed by atoms with Crippen molar-refractivity contribution < 1.29 is 22.0 Å². The molecule has 0 aliphatic heterocycles. The molecule has 1 amide bonds. The maximum atomic E-state index is 12.7. The normalized spacial score (nSPS) is 12.6. The summed E-state index contributed by atoms with van der Waals surface area (Å²) in [6.45, 7) is 2.10. The Hall–Kier alpha value is -2.84. The van der Waals surface area contributed by atoms with Crippen molar-refractivity contribution in [2.75, 3.05) is 0 Å². The van der Waals surface area contributed by atoms with E-state index in [4.69, 9.17) is 8.83 Å². The van der Waals surface area contributed by atoms with E-state index in [1.54, 1.807) is 36.4 Å². The van der Waals surface area contributed by atoms with Crippen molar-refractivity contribution in [3.63, 3.8) is 0 Å². The predicted octanol–water partition coefficient (Wildman–Crippen LogP) is 2.91. The number of benzene rings is 1. The first-order valence-electron chi connectivity index (χ1n) is 8.35. The quantitative estimate of drug-likeness (QED) is 0.618. The average Bonchev–Trinajstić information content (AvgIpc) is 3.33. The van der Waals surface area contributed by atoms with Crippen LogP contribution in [0.1, 0.15) is 29.5 Å². The lowest BCUT2D eigenvalue weighted by molar-refractivity contribution is -0.121. The summed E-state index contributed by atoms with van der Waals surface area (Å²) in [5, 5.41) is 2.70. The third-order valence-corrected chi connectivity index (χ3v) is 5.43. The van der Waals surface area contributed by atoms with Gasteiger partial charge >= 0.3 is 0 Å². The molecule has 3 aromatic rings. The Bertz CT molecular complexity index is 962. The first kappa shape index (κ1) is 18.9. The van der Waals surface area contributed by atoms with Gasteiger partial charge in [-0.25, -0.2) is 8.42 Å². The van der Waals surface area contributed by atoms with E-state index in [0.29, 0.717) is 11.5 Å². The fraction of sp³-hybridized carbons (Fsp3) is 0.211. The SMILES string of the molecule is Cc1ccc(S(=O)(=O)NC(CC(=O)NCc2ccco2)c2ccco2)cc1. The number of sulfonamides is 1. The van der Waals surface area contributed by atoms with E-state index in [0.717, 1.165) is 5.56 Å². The molecule has 0 radical (unpaired) electrons. The molecule has 0 fully saturated rings. The van der Waals surface area contributed by atoms with Gasteiger partial charge in [-0.15, -0.1) is 0 Å². The van der Waals surface area contributed by atoms with Crippen molar-refractivity contribution in [1.29, 1.82) is 0 Å². The van der Waals surface area contributed by atoms with Crippen molar-refractivity contribution in [1.82, 2.24) is 10.0 Å². The lowest BCUT2D eigenvalue weighted by Crippen LogP contribution is -2.33. The number of aryl methyl sites for hydroxylation is 1. The fourth-order valence-corrected chi connectivity index (χ4v) is 3.72. The third kappa shape index (κ3) is 5.08. The third-order valence-electron chi connectivity index (χ3n) is 3.94. The number of hydrogen-bond donors (Lipinski definition) is 2. The van der Waals surface area contributed by atoms with E-state index in [9.17, 15) is 13.2 Å². The number of rotatable bonds is 8. The molecule has 0 spiro atoms. The maximum absolute atomic E-state index is 12.7. The molecule has 7 nitrogen and oxygen atoms in total. The smallest absolute Gasteiger partial charge is 0.241 e. The van der Waals surface area contributed by atoms with Gasteiger partial charge in [-0.05, 0) is 43.3 Å². The van der Waals surface area contributed by atoms with Crippen LogP contribution in [0.4, 0.5) is 0 Å². The van der Waals surface area contributed by atoms with Crippen molar-refractivity contribution in [2.45, 2.75) is 30.8 Å². The predicted molar refractivity (Wildman–Crippen MR) is 98.1 cm³/mol. The number of carbonyl (C=O) groups is 1. The molecule has 0 aliphatic carbocycles. The van der Waals surface area contributed by atoms with Crippen LogP contribution in [0.25, 0.3) is 0 Å². The van der Waals surface area contributed by atoms with Gasteiger partial charge in [0.25, 0.3) is 0 Å². The molecular weight excluding hydrogens is 368 g/mol. The van der Waals surface area contributed by atoms with Crippen LogP contribution in [-0.2, 0) is 21.4 Å². The van der Waals surface area contributed by atoms with Crippen molar-refractivity contribution in [2.24, 2.45) is 0 Å². The first-order chi connectivity index (χ1) is 12.9. The van der Waals surface area contributed by atoms with E-state index in [1.807, 2.05) is 6.92 Å². The van der Waals surface area contributed by atoms with Gasteiger partial charge in [-0.1, -0.05) is 17.7 Å². The highest BCUT2D eigenvalue weighted by atomic mass is 32.2. The molecule has 0 bridgehead atoms. The zero-order chi connectivity index (χ0) is 19.3. The molecule has 8 heteroatoms. The summed E-state index contributed by atoms with van der Waals surface area (Å²) in [7, 11) is -3.81. The van der Waals surface area contributed by atoms with Crippen LogP contribution in [-0.4, -0.2) is 14.3 Å². The van der Waals surface area contributed by atoms with Crippen molar-refractivity contribution in [3.05, 3.63) is 78.1 Å². The van der Waals surface area contributed by atoms with Crippen LogP contribution in [0.2, 0.25) is 0 Å². The van der Waals surface area contributed by atoms with Crippen LogP contribution in [0, 0.1) is 6.92 Å². The Morgan fingerprint density at radius 2 is 1.74 bits per heavy atom. The number of carbonyl (C=O) groups excluding carboxylic acids is 1. The lowest BCUT2D eigenvalue weighted by Gasteiger charge is -2.17. The monoisotopic (exact) mass is 388 g/mol. The van der Waals surface area contributed by atoms with E-state index in [1.165, 1.54) is 24.7 Å². The molecule has 2 heterocycles. The number of nitrogens with one attached hydrogen (secondary N) is 2. The molecule has 0 aliphatic rings. The summed E-state index contributed by atoms with van der Waals surface area (Å²) in [6, 6.07) is 12.4. The van der Waals surface area contributed by atoms with Crippen LogP contribution >= 0.6 is 0 Å². The minimum absolute atomic E-state index is 0.112. The molecule has 0 saturated heterocycles. The first-order valence-corrected chi connectivity index (χ1v) is 9.84. The molecule has 1 atom stereocenters. The summed E-state index contributed by atoms with van der Waals surface area (Å²) in [4.78, 5) is 12.4. The molecule has 3 rings (SSSR count). The highest BCUT2D eigenvalue weighted by Crippen LogP contribution is 2.21. The molecule has 142 valence electrons. The van der Waals surface area contributed by atoms with E-state index >= 15 is 0 Å². The highest BCUT2D eigenvalue weighted by Gasteiger charge is 2.25. The van der Waals surface area contributed by atoms with Gasteiger partial charge in [0.15, 0.2) is 0 Å². The molecule has 1 unspecified atom stereocenters. The van der Waals surface area contributed by atoms with Crippen molar-refractivity contribution >= 4 is 15.9 Å². The minimum atomic E-state index is -3.81. The van der Waals surface area contributed by atoms with E-state index in [-0.39, 0.29) is 23.8 Å². The second kappa shape index (κ2) is 8.24. The van der Waals surface area contributed by atoms with Crippen LogP contribution in [0.15, 0.2) is 74.8 Å². The van der Waals surface area contributed by atoms with Gasteiger partial charge in [-0.2, -0.15) is 4.72 Å². The van der Waals surface area contributed by atoms with Crippen LogP contribution in [0.5, 0.6) is 0 Å². The maximum Gasteiger partial charge on any atom is 0.241 e. The van der Waals surface area contributed by atoms with Gasteiger partial charge in [-0.3, -0.25) is 4.79 Å².